The molecule has 0 saturated carbocycles. The molecular weight excluding hydrogens is 345 g/mol. The van der Waals surface area contributed by atoms with Crippen molar-refractivity contribution in [3.8, 4) is 18.1 Å². The Morgan fingerprint density at radius 2 is 2.14 bits per heavy atom. The predicted octanol–water partition coefficient (Wildman–Crippen LogP) is 2.16. The van der Waals surface area contributed by atoms with Crippen LogP contribution < -0.4 is 4.74 Å². The lowest BCUT2D eigenvalue weighted by molar-refractivity contribution is -0.199. The second-order valence-electron chi connectivity index (χ2n) is 4.16. The predicted molar refractivity (Wildman–Crippen MR) is 72.3 cm³/mol. The van der Waals surface area contributed by atoms with E-state index in [1.807, 2.05) is 0 Å². The van der Waals surface area contributed by atoms with E-state index in [4.69, 9.17) is 23.4 Å². The van der Waals surface area contributed by atoms with E-state index < -0.39 is 50.4 Å². The first kappa shape index (κ1) is 16.5. The number of ether oxygens (including phenoxy) is 1. The van der Waals surface area contributed by atoms with Crippen LogP contribution in [0.1, 0.15) is 5.56 Å². The number of terminal acetylenes is 1. The van der Waals surface area contributed by atoms with E-state index in [1.165, 1.54) is 0 Å². The molecular formula is C12H8ClF3N2O3S. The van der Waals surface area contributed by atoms with E-state index in [2.05, 4.69) is 10.7 Å². The molecule has 0 saturated heterocycles. The van der Waals surface area contributed by atoms with Crippen molar-refractivity contribution >= 4 is 27.5 Å². The van der Waals surface area contributed by atoms with Gasteiger partial charge >= 0.3 is 6.11 Å². The lowest BCUT2D eigenvalue weighted by atomic mass is 10.2. The van der Waals surface area contributed by atoms with E-state index in [0.717, 1.165) is 18.2 Å². The van der Waals surface area contributed by atoms with Crippen LogP contribution in [-0.2, 0) is 10.0 Å². The second-order valence-corrected chi connectivity index (χ2v) is 6.37. The molecule has 0 fully saturated rings. The van der Waals surface area contributed by atoms with Crippen LogP contribution in [0, 0.1) is 17.8 Å². The summed E-state index contributed by atoms with van der Waals surface area (Å²) in [7, 11) is -4.14. The fourth-order valence-corrected chi connectivity index (χ4v) is 3.41. The number of amidine groups is 1. The van der Waals surface area contributed by atoms with Crippen molar-refractivity contribution in [2.75, 3.05) is 6.54 Å². The minimum absolute atomic E-state index is 0.422. The number of hydrogen-bond acceptors (Lipinski definition) is 4. The van der Waals surface area contributed by atoms with Crippen LogP contribution in [0.3, 0.4) is 0 Å². The first-order valence-electron chi connectivity index (χ1n) is 5.66. The van der Waals surface area contributed by atoms with Gasteiger partial charge in [0, 0.05) is 0 Å². The Bertz CT molecular complexity index is 774. The van der Waals surface area contributed by atoms with Crippen molar-refractivity contribution in [1.29, 1.82) is 5.41 Å². The highest BCUT2D eigenvalue weighted by molar-refractivity contribution is 7.90. The second kappa shape index (κ2) is 5.37. The minimum atomic E-state index is -4.39. The van der Waals surface area contributed by atoms with Gasteiger partial charge in [-0.15, -0.1) is 6.42 Å². The molecule has 1 N–H and O–H groups in total. The van der Waals surface area contributed by atoms with E-state index in [9.17, 15) is 21.6 Å². The van der Waals surface area contributed by atoms with Crippen molar-refractivity contribution in [1.82, 2.24) is 4.31 Å². The van der Waals surface area contributed by atoms with Crippen LogP contribution in [0.5, 0.6) is 5.75 Å². The van der Waals surface area contributed by atoms with E-state index in [0.29, 0.717) is 4.31 Å². The van der Waals surface area contributed by atoms with Crippen LogP contribution in [-0.4, -0.2) is 36.8 Å². The van der Waals surface area contributed by atoms with Gasteiger partial charge in [0.2, 0.25) is 0 Å². The SMILES string of the molecule is C#CCN1C(=N)c2c(OC(F)(F)C(F)Cl)cccc2S1(=O)=O. The molecule has 10 heteroatoms. The molecule has 1 unspecified atom stereocenters. The molecule has 0 aliphatic carbocycles. The Labute approximate surface area is 129 Å². The first-order valence-corrected chi connectivity index (χ1v) is 7.53. The van der Waals surface area contributed by atoms with Gasteiger partial charge in [0.1, 0.15) is 16.5 Å². The number of benzene rings is 1. The van der Waals surface area contributed by atoms with Crippen LogP contribution in [0.15, 0.2) is 23.1 Å². The van der Waals surface area contributed by atoms with Gasteiger partial charge in [-0.3, -0.25) is 5.41 Å². The number of sulfonamides is 1. The minimum Gasteiger partial charge on any atom is -0.429 e. The van der Waals surface area contributed by atoms with Gasteiger partial charge in [0.05, 0.1) is 12.1 Å². The standard InChI is InChI=1S/C12H8ClF3N2O3S/c1-2-6-18-10(17)9-7(21-12(15,16)11(13)14)4-3-5-8(9)22(18,19)20/h1,3-5,11,17H,6H2. The van der Waals surface area contributed by atoms with Crippen molar-refractivity contribution < 1.29 is 26.3 Å². The monoisotopic (exact) mass is 352 g/mol. The third-order valence-corrected chi connectivity index (χ3v) is 4.82. The molecule has 0 bridgehead atoms. The van der Waals surface area contributed by atoms with Crippen LogP contribution in [0.25, 0.3) is 0 Å². The molecule has 1 aliphatic rings. The zero-order valence-corrected chi connectivity index (χ0v) is 12.3. The molecule has 22 heavy (non-hydrogen) atoms. The molecule has 1 aromatic rings. The summed E-state index contributed by atoms with van der Waals surface area (Å²) in [5.41, 5.74) is -3.56. The third-order valence-electron chi connectivity index (χ3n) is 2.78. The lowest BCUT2D eigenvalue weighted by Crippen LogP contribution is -2.34. The number of alkyl halides is 4. The Morgan fingerprint density at radius 1 is 1.50 bits per heavy atom. The fourth-order valence-electron chi connectivity index (χ4n) is 1.85. The highest BCUT2D eigenvalue weighted by Crippen LogP contribution is 2.39. The molecule has 5 nitrogen and oxygen atoms in total. The van der Waals surface area contributed by atoms with Gasteiger partial charge in [-0.25, -0.2) is 17.1 Å². The van der Waals surface area contributed by atoms with Crippen LogP contribution >= 0.6 is 11.6 Å². The summed E-state index contributed by atoms with van der Waals surface area (Å²) in [6.45, 7) is -0.451. The van der Waals surface area contributed by atoms with E-state index in [1.54, 1.807) is 0 Å². The normalized spacial score (nSPS) is 17.8. The molecule has 118 valence electrons. The quantitative estimate of drug-likeness (QED) is 0.667. The Morgan fingerprint density at radius 3 is 2.68 bits per heavy atom. The number of rotatable bonds is 4. The van der Waals surface area contributed by atoms with Gasteiger partial charge < -0.3 is 4.74 Å². The van der Waals surface area contributed by atoms with Crippen LogP contribution in [0.4, 0.5) is 13.2 Å². The van der Waals surface area contributed by atoms with Crippen molar-refractivity contribution in [2.24, 2.45) is 0 Å². The van der Waals surface area contributed by atoms with Crippen LogP contribution in [0.2, 0.25) is 0 Å². The van der Waals surface area contributed by atoms with Gasteiger partial charge in [-0.05, 0) is 12.1 Å². The summed E-state index contributed by atoms with van der Waals surface area (Å²) >= 11 is 4.69. The summed E-state index contributed by atoms with van der Waals surface area (Å²) in [5.74, 6) is 0.736. The highest BCUT2D eigenvalue weighted by Gasteiger charge is 2.46. The van der Waals surface area contributed by atoms with E-state index >= 15 is 0 Å². The molecule has 1 heterocycles. The zero-order chi connectivity index (χ0) is 16.7. The fraction of sp³-hybridized carbons (Fsp3) is 0.250. The number of fused-ring (bicyclic) bond motifs is 1. The third kappa shape index (κ3) is 2.48. The lowest BCUT2D eigenvalue weighted by Gasteiger charge is -2.19. The Kier molecular flexibility index (Phi) is 4.02. The van der Waals surface area contributed by atoms with Crippen molar-refractivity contribution in [3.63, 3.8) is 0 Å². The number of halogens is 4. The number of nitrogens with zero attached hydrogens (tertiary/aromatic N) is 1. The molecule has 0 amide bonds. The summed E-state index contributed by atoms with van der Waals surface area (Å²) in [5, 5.41) is 7.80. The molecule has 0 aromatic heterocycles. The molecule has 1 aromatic carbocycles. The highest BCUT2D eigenvalue weighted by atomic mass is 35.5. The van der Waals surface area contributed by atoms with E-state index in [-0.39, 0.29) is 0 Å². The maximum Gasteiger partial charge on any atom is 0.444 e. The summed E-state index contributed by atoms with van der Waals surface area (Å²) in [4.78, 5) is -0.425. The van der Waals surface area contributed by atoms with Gasteiger partial charge in [0.25, 0.3) is 15.7 Å². The maximum atomic E-state index is 13.3. The number of hydrogen-bond donors (Lipinski definition) is 1. The maximum absolute atomic E-state index is 13.3. The summed E-state index contributed by atoms with van der Waals surface area (Å²) < 4.78 is 68.3. The smallest absolute Gasteiger partial charge is 0.429 e. The molecule has 0 spiro atoms. The average molecular weight is 353 g/mol. The van der Waals surface area contributed by atoms with Gasteiger partial charge in [0.15, 0.2) is 0 Å². The van der Waals surface area contributed by atoms with Gasteiger partial charge in [-0.2, -0.15) is 8.78 Å². The van der Waals surface area contributed by atoms with Gasteiger partial charge in [-0.1, -0.05) is 23.6 Å². The van der Waals surface area contributed by atoms with Crippen molar-refractivity contribution in [2.45, 2.75) is 16.6 Å². The molecule has 0 radical (unpaired) electrons. The summed E-state index contributed by atoms with van der Waals surface area (Å²) in [6, 6.07) is 3.21. The molecule has 2 rings (SSSR count). The Hall–Kier alpha value is -1.92. The molecule has 1 aliphatic heterocycles. The number of nitrogens with one attached hydrogen (secondary N) is 1. The first-order chi connectivity index (χ1) is 10.1. The summed E-state index contributed by atoms with van der Waals surface area (Å²) in [6.07, 6.45) is 0.646. The topological polar surface area (TPSA) is 70.5 Å². The average Bonchev–Trinajstić information content (AvgIpc) is 2.61. The van der Waals surface area contributed by atoms with Crippen molar-refractivity contribution in [3.05, 3.63) is 23.8 Å². The zero-order valence-electron chi connectivity index (χ0n) is 10.7. The Balaban J connectivity index is 2.57. The largest absolute Gasteiger partial charge is 0.444 e. The molecule has 1 atom stereocenters.